The summed E-state index contributed by atoms with van der Waals surface area (Å²) < 4.78 is 0. The first-order valence-electron chi connectivity index (χ1n) is 27.4. The SMILES string of the molecule is CC1=[C-]C(C)C(C)=C1C.CC1=[C-]C(C)C(C)=C1C.CC1=[C-]C(C)C(C)=C1C.CCC(C)[NH-].C[SiH]C.C[SiH]C.C[SiH]C.[NH-]C1CCCCCCCCCC1.[NH-]C1CCCCCCCCCCC1.[Ti+2].[Ti+2].[Ti+2]. The Bertz CT molecular complexity index is 1200. The molecule has 3 nitrogen and oxygen atoms in total. The summed E-state index contributed by atoms with van der Waals surface area (Å²) in [7, 11) is 2.25. The quantitative estimate of drug-likeness (QED) is 0.185. The number of hydrogen-bond acceptors (Lipinski definition) is 0. The van der Waals surface area contributed by atoms with Crippen LogP contribution in [0, 0.1) is 36.0 Å². The van der Waals surface area contributed by atoms with Gasteiger partial charge in [0.15, 0.2) is 0 Å². The number of allylic oxidation sites excluding steroid dienone is 12. The number of nitrogens with one attached hydrogen (secondary N) is 3. The normalized spacial score (nSPS) is 21.4. The maximum atomic E-state index is 7.80. The first kappa shape index (κ1) is 84.1. The predicted molar refractivity (Wildman–Crippen MR) is 314 cm³/mol. The van der Waals surface area contributed by atoms with Gasteiger partial charge >= 0.3 is 65.2 Å². The molecule has 0 spiro atoms. The second-order valence-corrected chi connectivity index (χ2v) is 23.5. The Balaban J connectivity index is -0.000000130. The molecule has 0 bridgehead atoms. The molecule has 0 aromatic heterocycles. The molecule has 5 rings (SSSR count). The molecule has 3 N–H and O–H groups in total. The van der Waals surface area contributed by atoms with E-state index in [2.05, 4.69) is 141 Å². The third-order valence-electron chi connectivity index (χ3n) is 13.3. The van der Waals surface area contributed by atoms with Crippen LogP contribution >= 0.6 is 0 Å². The van der Waals surface area contributed by atoms with Crippen molar-refractivity contribution in [2.24, 2.45) is 17.8 Å². The van der Waals surface area contributed by atoms with Crippen LogP contribution in [0.25, 0.3) is 17.2 Å². The van der Waals surface area contributed by atoms with Gasteiger partial charge < -0.3 is 17.2 Å². The van der Waals surface area contributed by atoms with Crippen molar-refractivity contribution in [3.8, 4) is 0 Å². The Morgan fingerprint density at radius 3 is 0.638 bits per heavy atom. The molecule has 3 radical (unpaired) electrons. The molecule has 0 heterocycles. The van der Waals surface area contributed by atoms with Gasteiger partial charge in [0, 0.05) is 28.6 Å². The average molecular weight is 1110 g/mol. The van der Waals surface area contributed by atoms with Crippen molar-refractivity contribution >= 4 is 28.6 Å². The summed E-state index contributed by atoms with van der Waals surface area (Å²) in [5, 5.41) is 0. The molecular weight excluding hydrogens is 991 g/mol. The van der Waals surface area contributed by atoms with Crippen LogP contribution in [-0.4, -0.2) is 46.7 Å². The van der Waals surface area contributed by atoms with Crippen molar-refractivity contribution in [2.45, 2.75) is 296 Å². The average Bonchev–Trinajstić information content (AvgIpc) is 3.71. The summed E-state index contributed by atoms with van der Waals surface area (Å²) in [5.41, 5.74) is 35.1. The Hall–Kier alpha value is 1.11. The maximum absolute atomic E-state index is 7.80. The third kappa shape index (κ3) is 51.0. The van der Waals surface area contributed by atoms with Crippen LogP contribution in [-0.2, 0) is 65.2 Å². The van der Waals surface area contributed by atoms with Crippen LogP contribution in [0.5, 0.6) is 0 Å². The van der Waals surface area contributed by atoms with Crippen LogP contribution < -0.4 is 0 Å². The Labute approximate surface area is 488 Å². The fourth-order valence-electron chi connectivity index (χ4n) is 7.64. The molecule has 2 fully saturated rings. The van der Waals surface area contributed by atoms with E-state index in [1.807, 2.05) is 13.8 Å². The molecule has 9 heteroatoms. The minimum Gasteiger partial charge on any atom is -0.675 e. The summed E-state index contributed by atoms with van der Waals surface area (Å²) in [6, 6.07) is 0.637. The Morgan fingerprint density at radius 1 is 0.406 bits per heavy atom. The number of rotatable bonds is 1. The molecule has 0 saturated heterocycles. The van der Waals surface area contributed by atoms with Crippen molar-refractivity contribution in [1.82, 2.24) is 0 Å². The molecule has 4 unspecified atom stereocenters. The Kier molecular flexibility index (Phi) is 71.1. The van der Waals surface area contributed by atoms with Crippen LogP contribution in [0.4, 0.5) is 0 Å². The molecule has 0 aliphatic heterocycles. The van der Waals surface area contributed by atoms with E-state index in [1.165, 1.54) is 159 Å². The van der Waals surface area contributed by atoms with Gasteiger partial charge in [-0.25, -0.2) is 16.7 Å². The molecule has 0 amide bonds. The van der Waals surface area contributed by atoms with Gasteiger partial charge in [-0.2, -0.15) is 33.4 Å². The largest absolute Gasteiger partial charge is 2.00 e. The molecule has 4 atom stereocenters. The minimum atomic E-state index is 0. The van der Waals surface area contributed by atoms with Gasteiger partial charge in [0.05, 0.1) is 0 Å². The van der Waals surface area contributed by atoms with Crippen LogP contribution in [0.1, 0.15) is 238 Å². The van der Waals surface area contributed by atoms with Gasteiger partial charge in [-0.3, -0.25) is 18.2 Å². The van der Waals surface area contributed by atoms with Gasteiger partial charge in [0.1, 0.15) is 0 Å². The second-order valence-electron chi connectivity index (χ2n) is 20.0. The van der Waals surface area contributed by atoms with E-state index >= 15 is 0 Å². The molecule has 395 valence electrons. The summed E-state index contributed by atoms with van der Waals surface area (Å²) in [6.45, 7) is 43.2. The van der Waals surface area contributed by atoms with Gasteiger partial charge in [0.2, 0.25) is 0 Å². The predicted octanol–water partition coefficient (Wildman–Crippen LogP) is 20.6. The van der Waals surface area contributed by atoms with Gasteiger partial charge in [-0.05, 0) is 0 Å². The summed E-state index contributed by atoms with van der Waals surface area (Å²) >= 11 is 0. The van der Waals surface area contributed by atoms with Crippen molar-refractivity contribution in [2.75, 3.05) is 0 Å². The van der Waals surface area contributed by atoms with Crippen molar-refractivity contribution in [3.05, 3.63) is 85.6 Å². The van der Waals surface area contributed by atoms with Crippen molar-refractivity contribution < 1.29 is 65.2 Å². The smallest absolute Gasteiger partial charge is 0.675 e. The minimum absolute atomic E-state index is 0. The van der Waals surface area contributed by atoms with E-state index < -0.39 is 0 Å². The summed E-state index contributed by atoms with van der Waals surface area (Å²) in [5.74, 6) is 1.68. The molecule has 0 aromatic rings. The fourth-order valence-corrected chi connectivity index (χ4v) is 7.64. The molecule has 0 aromatic carbocycles. The fraction of sp³-hybridized carbons (Fsp3) is 0.800. The van der Waals surface area contributed by atoms with E-state index in [9.17, 15) is 0 Å². The first-order chi connectivity index (χ1) is 31.2. The van der Waals surface area contributed by atoms with Crippen molar-refractivity contribution in [1.29, 1.82) is 0 Å². The molecule has 5 aliphatic rings. The van der Waals surface area contributed by atoms with Crippen LogP contribution in [0.2, 0.25) is 39.3 Å². The second kappa shape index (κ2) is 58.4. The zero-order valence-electron chi connectivity index (χ0n) is 49.8. The molecular formula is C60H116N3Si3Ti3. The standard InChI is InChI=1S/C12H24N.C11H22N.3C9H13.C4H10N.3C2H7Si.3Ti/c13-12-10-8-6-4-2-1-3-5-7-9-11-12;12-11-9-7-5-3-1-2-4-6-8-10-11;3*1-6-5-7(2)9(4)8(6)3;1-3-4(2)5;3*1-3-2;;;/h12-13H,1-11H2;11-12H,1-10H2;3*6H,1-4H3;4-5H,3H2,1-2H3;3*3H,1-2H3;;;/q6*-1;;;;3*+2. The molecule has 69 heavy (non-hydrogen) atoms. The monoisotopic (exact) mass is 1110 g/mol. The third-order valence-corrected chi connectivity index (χ3v) is 13.3. The molecule has 5 aliphatic carbocycles. The zero-order chi connectivity index (χ0) is 51.5. The van der Waals surface area contributed by atoms with Crippen LogP contribution in [0.3, 0.4) is 0 Å². The summed E-state index contributed by atoms with van der Waals surface area (Å²) in [4.78, 5) is 0. The van der Waals surface area contributed by atoms with Crippen molar-refractivity contribution in [3.63, 3.8) is 0 Å². The van der Waals surface area contributed by atoms with E-state index in [0.717, 1.165) is 60.7 Å². The van der Waals surface area contributed by atoms with Gasteiger partial charge in [0.25, 0.3) is 0 Å². The topological polar surface area (TPSA) is 71.4 Å². The van der Waals surface area contributed by atoms with E-state index in [-0.39, 0.29) is 83.3 Å². The van der Waals surface area contributed by atoms with Gasteiger partial charge in [-0.1, -0.05) is 274 Å². The van der Waals surface area contributed by atoms with E-state index in [4.69, 9.17) is 17.2 Å². The van der Waals surface area contributed by atoms with E-state index in [0.29, 0.717) is 17.8 Å². The van der Waals surface area contributed by atoms with E-state index in [1.54, 1.807) is 0 Å². The first-order valence-corrected chi connectivity index (χ1v) is 34.3. The summed E-state index contributed by atoms with van der Waals surface area (Å²) in [6.07, 6.45) is 39.2. The maximum Gasteiger partial charge on any atom is 2.00 e. The zero-order valence-corrected chi connectivity index (χ0v) is 57.9. The number of hydrogen-bond donors (Lipinski definition) is 0. The Morgan fingerprint density at radius 2 is 0.551 bits per heavy atom. The van der Waals surface area contributed by atoms with Crippen LogP contribution in [0.15, 0.2) is 50.2 Å². The van der Waals surface area contributed by atoms with Gasteiger partial charge in [-0.15, -0.1) is 38.9 Å². The molecule has 2 saturated carbocycles.